The second-order valence-electron chi connectivity index (χ2n) is 12.1. The standard InChI is InChI=1S/C27H46O/c1-18(2)9-8-10-19(3)23-17-24(28)25-21-13-12-20-11-6-7-15-26(20,4)22(21)14-16-27(23,25)5/h19-25,28H,1,6-17H2,2-5H3/t19?,20?,21-,22+,23-,24+,25-,26+,27-/m1/s1. The van der Waals surface area contributed by atoms with Crippen LogP contribution in [0.15, 0.2) is 12.2 Å². The molecule has 0 radical (unpaired) electrons. The molecule has 160 valence electrons. The Morgan fingerprint density at radius 1 is 1.07 bits per heavy atom. The van der Waals surface area contributed by atoms with E-state index in [9.17, 15) is 5.11 Å². The summed E-state index contributed by atoms with van der Waals surface area (Å²) in [5.74, 6) is 4.68. The van der Waals surface area contributed by atoms with Crippen LogP contribution < -0.4 is 0 Å². The van der Waals surface area contributed by atoms with Gasteiger partial charge in [0, 0.05) is 0 Å². The highest BCUT2D eigenvalue weighted by Gasteiger charge is 2.62. The van der Waals surface area contributed by atoms with Crippen molar-refractivity contribution in [2.75, 3.05) is 0 Å². The topological polar surface area (TPSA) is 20.2 Å². The van der Waals surface area contributed by atoms with Crippen molar-refractivity contribution in [1.29, 1.82) is 0 Å². The van der Waals surface area contributed by atoms with Gasteiger partial charge in [0.1, 0.15) is 0 Å². The molecule has 4 fully saturated rings. The van der Waals surface area contributed by atoms with E-state index in [1.165, 1.54) is 76.2 Å². The average molecular weight is 387 g/mol. The number of hydrogen-bond acceptors (Lipinski definition) is 1. The zero-order valence-electron chi connectivity index (χ0n) is 19.2. The lowest BCUT2D eigenvalue weighted by Crippen LogP contribution is -2.54. The molecule has 0 saturated heterocycles. The Hall–Kier alpha value is -0.300. The van der Waals surface area contributed by atoms with E-state index in [-0.39, 0.29) is 6.10 Å². The fourth-order valence-electron chi connectivity index (χ4n) is 9.22. The van der Waals surface area contributed by atoms with Crippen LogP contribution in [-0.4, -0.2) is 11.2 Å². The molecule has 4 aliphatic rings. The van der Waals surface area contributed by atoms with Crippen LogP contribution in [0.25, 0.3) is 0 Å². The van der Waals surface area contributed by atoms with Crippen molar-refractivity contribution in [3.63, 3.8) is 0 Å². The molecular formula is C27H46O. The lowest BCUT2D eigenvalue weighted by molar-refractivity contribution is -0.130. The van der Waals surface area contributed by atoms with Crippen molar-refractivity contribution < 1.29 is 5.11 Å². The normalized spacial score (nSPS) is 49.0. The number of hydrogen-bond donors (Lipinski definition) is 1. The number of fused-ring (bicyclic) bond motifs is 5. The molecule has 0 aromatic heterocycles. The molecule has 2 unspecified atom stereocenters. The third-order valence-corrected chi connectivity index (χ3v) is 10.6. The first-order valence-electron chi connectivity index (χ1n) is 12.6. The molecule has 0 aliphatic heterocycles. The Bertz CT molecular complexity index is 581. The maximum Gasteiger partial charge on any atom is 0.0579 e. The van der Waals surface area contributed by atoms with Crippen LogP contribution in [0.1, 0.15) is 105 Å². The molecule has 4 rings (SSSR count). The third-order valence-electron chi connectivity index (χ3n) is 10.6. The third kappa shape index (κ3) is 3.32. The van der Waals surface area contributed by atoms with Crippen LogP contribution in [0.5, 0.6) is 0 Å². The van der Waals surface area contributed by atoms with Crippen LogP contribution >= 0.6 is 0 Å². The van der Waals surface area contributed by atoms with Crippen molar-refractivity contribution in [3.8, 4) is 0 Å². The molecule has 4 saturated carbocycles. The van der Waals surface area contributed by atoms with Crippen LogP contribution in [0.3, 0.4) is 0 Å². The molecule has 0 bridgehead atoms. The molecule has 1 N–H and O–H groups in total. The molecule has 0 aromatic carbocycles. The van der Waals surface area contributed by atoms with Crippen molar-refractivity contribution in [2.24, 2.45) is 46.3 Å². The molecule has 1 nitrogen and oxygen atoms in total. The Kier molecular flexibility index (Phi) is 5.80. The summed E-state index contributed by atoms with van der Waals surface area (Å²) in [7, 11) is 0. The highest BCUT2D eigenvalue weighted by molar-refractivity contribution is 5.11. The first-order chi connectivity index (χ1) is 13.3. The lowest BCUT2D eigenvalue weighted by atomic mass is 9.44. The maximum absolute atomic E-state index is 11.3. The fourth-order valence-corrected chi connectivity index (χ4v) is 9.22. The van der Waals surface area contributed by atoms with Crippen molar-refractivity contribution in [3.05, 3.63) is 12.2 Å². The second kappa shape index (κ2) is 7.75. The number of aliphatic hydroxyl groups excluding tert-OH is 1. The van der Waals surface area contributed by atoms with Gasteiger partial charge in [-0.2, -0.15) is 0 Å². The van der Waals surface area contributed by atoms with Crippen LogP contribution in [0, 0.1) is 46.3 Å². The summed E-state index contributed by atoms with van der Waals surface area (Å²) in [5, 5.41) is 11.3. The van der Waals surface area contributed by atoms with Crippen molar-refractivity contribution in [1.82, 2.24) is 0 Å². The molecule has 1 heteroatoms. The average Bonchev–Trinajstić information content (AvgIpc) is 2.92. The van der Waals surface area contributed by atoms with E-state index in [1.54, 1.807) is 0 Å². The summed E-state index contributed by atoms with van der Waals surface area (Å²) < 4.78 is 0. The smallest absolute Gasteiger partial charge is 0.0579 e. The predicted molar refractivity (Wildman–Crippen MR) is 119 cm³/mol. The second-order valence-corrected chi connectivity index (χ2v) is 12.1. The molecule has 4 aliphatic carbocycles. The molecule has 0 spiro atoms. The van der Waals surface area contributed by atoms with Gasteiger partial charge in [-0.05, 0) is 111 Å². The van der Waals surface area contributed by atoms with E-state index in [2.05, 4.69) is 34.3 Å². The highest BCUT2D eigenvalue weighted by atomic mass is 16.3. The monoisotopic (exact) mass is 386 g/mol. The number of allylic oxidation sites excluding steroid dienone is 1. The van der Waals surface area contributed by atoms with Gasteiger partial charge >= 0.3 is 0 Å². The van der Waals surface area contributed by atoms with E-state index in [4.69, 9.17) is 0 Å². The zero-order valence-corrected chi connectivity index (χ0v) is 19.2. The summed E-state index contributed by atoms with van der Waals surface area (Å²) >= 11 is 0. The zero-order chi connectivity index (χ0) is 20.1. The van der Waals surface area contributed by atoms with Crippen molar-refractivity contribution >= 4 is 0 Å². The van der Waals surface area contributed by atoms with E-state index in [1.807, 2.05) is 0 Å². The van der Waals surface area contributed by atoms with Gasteiger partial charge in [-0.3, -0.25) is 0 Å². The minimum absolute atomic E-state index is 0.0462. The maximum atomic E-state index is 11.3. The van der Waals surface area contributed by atoms with E-state index < -0.39 is 0 Å². The first-order valence-corrected chi connectivity index (χ1v) is 12.6. The summed E-state index contributed by atoms with van der Waals surface area (Å²) in [4.78, 5) is 0. The van der Waals surface area contributed by atoms with Gasteiger partial charge < -0.3 is 5.11 Å². The largest absolute Gasteiger partial charge is 0.393 e. The minimum Gasteiger partial charge on any atom is -0.393 e. The first kappa shape index (κ1) is 21.0. The predicted octanol–water partition coefficient (Wildman–Crippen LogP) is 7.39. The van der Waals surface area contributed by atoms with Crippen molar-refractivity contribution in [2.45, 2.75) is 111 Å². The quantitative estimate of drug-likeness (QED) is 0.488. The SMILES string of the molecule is C=C(C)CCCC(C)[C@H]1C[C@H](O)[C@H]2[C@@H]3CCC4CCCC[C@]4(C)[C@H]3CC[C@@]21C. The molecular weight excluding hydrogens is 340 g/mol. The van der Waals surface area contributed by atoms with Gasteiger partial charge in [0.2, 0.25) is 0 Å². The lowest BCUT2D eigenvalue weighted by Gasteiger charge is -2.61. The minimum atomic E-state index is -0.0462. The Morgan fingerprint density at radius 3 is 2.61 bits per heavy atom. The van der Waals surface area contributed by atoms with Gasteiger partial charge in [-0.15, -0.1) is 6.58 Å². The summed E-state index contributed by atoms with van der Waals surface area (Å²) in [5.41, 5.74) is 2.27. The highest BCUT2D eigenvalue weighted by Crippen LogP contribution is 2.68. The van der Waals surface area contributed by atoms with E-state index in [0.717, 1.165) is 36.0 Å². The van der Waals surface area contributed by atoms with E-state index >= 15 is 0 Å². The fraction of sp³-hybridized carbons (Fsp3) is 0.926. The molecule has 0 amide bonds. The summed E-state index contributed by atoms with van der Waals surface area (Å²) in [6.07, 6.45) is 16.3. The molecule has 9 atom stereocenters. The molecule has 0 heterocycles. The number of rotatable bonds is 5. The van der Waals surface area contributed by atoms with Gasteiger partial charge in [0.05, 0.1) is 6.10 Å². The Labute approximate surface area is 174 Å². The summed E-state index contributed by atoms with van der Waals surface area (Å²) in [6, 6.07) is 0. The molecule has 0 aromatic rings. The van der Waals surface area contributed by atoms with Gasteiger partial charge in [-0.1, -0.05) is 45.6 Å². The van der Waals surface area contributed by atoms with E-state index in [0.29, 0.717) is 16.7 Å². The van der Waals surface area contributed by atoms with Gasteiger partial charge in [0.15, 0.2) is 0 Å². The number of aliphatic hydroxyl groups is 1. The van der Waals surface area contributed by atoms with Gasteiger partial charge in [0.25, 0.3) is 0 Å². The van der Waals surface area contributed by atoms with Crippen LogP contribution in [0.4, 0.5) is 0 Å². The van der Waals surface area contributed by atoms with Crippen LogP contribution in [0.2, 0.25) is 0 Å². The Morgan fingerprint density at radius 2 is 1.86 bits per heavy atom. The van der Waals surface area contributed by atoms with Crippen LogP contribution in [-0.2, 0) is 0 Å². The Balaban J connectivity index is 1.52. The van der Waals surface area contributed by atoms with Gasteiger partial charge in [-0.25, -0.2) is 0 Å². The molecule has 28 heavy (non-hydrogen) atoms. The summed E-state index contributed by atoms with van der Waals surface area (Å²) in [6.45, 7) is 14.0.